The van der Waals surface area contributed by atoms with Crippen molar-refractivity contribution in [2.24, 2.45) is 5.73 Å². The van der Waals surface area contributed by atoms with Crippen LogP contribution in [-0.4, -0.2) is 50.7 Å². The van der Waals surface area contributed by atoms with E-state index in [9.17, 15) is 19.8 Å². The summed E-state index contributed by atoms with van der Waals surface area (Å²) in [6.07, 6.45) is 7.19. The number of nitrogens with one attached hydrogen (secondary N) is 4. The molecule has 0 bridgehead atoms. The summed E-state index contributed by atoms with van der Waals surface area (Å²) in [6, 6.07) is 6.68. The molecule has 1 aromatic heterocycles. The molecule has 0 spiro atoms. The maximum absolute atomic E-state index is 11.8. The molecule has 0 aliphatic carbocycles. The summed E-state index contributed by atoms with van der Waals surface area (Å²) in [5, 5.41) is 39.6. The van der Waals surface area contributed by atoms with Crippen LogP contribution in [0.1, 0.15) is 45.4 Å². The zero-order valence-corrected chi connectivity index (χ0v) is 19.1. The van der Waals surface area contributed by atoms with Crippen LogP contribution in [0.25, 0.3) is 0 Å². The molecule has 2 rings (SSSR count). The summed E-state index contributed by atoms with van der Waals surface area (Å²) < 4.78 is 0. The van der Waals surface area contributed by atoms with Gasteiger partial charge in [-0.15, -0.1) is 0 Å². The number of carboxylic acids is 2. The standard InChI is InChI=1S/C24H27N7O4/c1-3-4-15(11-25)6-5-14(2)12-28-21-18(23(32)33)31-22(19(30-21)24(34)35)29-13-16-7-9-17(10-8-16)20(26)27/h4-11,25H,2-3,12-13H2,1H3,(H3,26,27)(H,28,30)(H,29,31)(H,32,33)(H,34,35)/b6-5-,15-4+,25-11?. The maximum atomic E-state index is 11.8. The fourth-order valence-corrected chi connectivity index (χ4v) is 2.85. The Morgan fingerprint density at radius 3 is 2.11 bits per heavy atom. The number of nitrogens with two attached hydrogens (primary N) is 1. The van der Waals surface area contributed by atoms with Crippen molar-refractivity contribution in [3.8, 4) is 0 Å². The highest BCUT2D eigenvalue weighted by atomic mass is 16.4. The highest BCUT2D eigenvalue weighted by Crippen LogP contribution is 2.20. The van der Waals surface area contributed by atoms with Gasteiger partial charge in [-0.3, -0.25) is 5.41 Å². The van der Waals surface area contributed by atoms with Crippen LogP contribution in [0.4, 0.5) is 11.6 Å². The zero-order chi connectivity index (χ0) is 26.0. The van der Waals surface area contributed by atoms with Gasteiger partial charge >= 0.3 is 11.9 Å². The second-order valence-corrected chi connectivity index (χ2v) is 7.29. The van der Waals surface area contributed by atoms with Gasteiger partial charge in [0.2, 0.25) is 0 Å². The van der Waals surface area contributed by atoms with Gasteiger partial charge in [0.1, 0.15) is 5.84 Å². The van der Waals surface area contributed by atoms with Gasteiger partial charge in [0.25, 0.3) is 0 Å². The highest BCUT2D eigenvalue weighted by Gasteiger charge is 2.22. The number of carbonyl (C=O) groups is 2. The second-order valence-electron chi connectivity index (χ2n) is 7.29. The molecule has 1 heterocycles. The van der Waals surface area contributed by atoms with Crippen LogP contribution in [0.15, 0.2) is 60.2 Å². The number of hydrogen-bond acceptors (Lipinski definition) is 8. The molecule has 0 aliphatic rings. The van der Waals surface area contributed by atoms with Crippen LogP contribution in [-0.2, 0) is 6.54 Å². The molecule has 0 aliphatic heterocycles. The Balaban J connectivity index is 2.24. The highest BCUT2D eigenvalue weighted by molar-refractivity contribution is 5.96. The molecule has 0 unspecified atom stereocenters. The molecule has 0 fully saturated rings. The lowest BCUT2D eigenvalue weighted by atomic mass is 10.1. The van der Waals surface area contributed by atoms with Gasteiger partial charge in [-0.25, -0.2) is 19.6 Å². The average Bonchev–Trinajstić information content (AvgIpc) is 2.83. The fourth-order valence-electron chi connectivity index (χ4n) is 2.85. The van der Waals surface area contributed by atoms with Gasteiger partial charge in [-0.2, -0.15) is 0 Å². The van der Waals surface area contributed by atoms with Crippen molar-refractivity contribution in [1.29, 1.82) is 10.8 Å². The van der Waals surface area contributed by atoms with Crippen molar-refractivity contribution in [2.75, 3.05) is 17.2 Å². The number of aromatic carboxylic acids is 2. The van der Waals surface area contributed by atoms with E-state index in [0.717, 1.165) is 12.0 Å². The molecule has 1 aromatic carbocycles. The number of amidine groups is 1. The summed E-state index contributed by atoms with van der Waals surface area (Å²) in [4.78, 5) is 31.5. The Hall–Kier alpha value is -4.80. The number of allylic oxidation sites excluding steroid dienone is 3. The first kappa shape index (κ1) is 26.5. The van der Waals surface area contributed by atoms with E-state index >= 15 is 0 Å². The van der Waals surface area contributed by atoms with Crippen LogP contribution in [0, 0.1) is 10.8 Å². The molecular weight excluding hydrogens is 450 g/mol. The van der Waals surface area contributed by atoms with Crippen molar-refractivity contribution in [3.63, 3.8) is 0 Å². The Kier molecular flexibility index (Phi) is 9.40. The van der Waals surface area contributed by atoms with Gasteiger partial charge in [0.05, 0.1) is 0 Å². The fraction of sp³-hybridized carbons (Fsp3) is 0.167. The molecule has 11 heteroatoms. The van der Waals surface area contributed by atoms with Crippen molar-refractivity contribution < 1.29 is 19.8 Å². The molecule has 0 atom stereocenters. The predicted octanol–water partition coefficient (Wildman–Crippen LogP) is 3.28. The van der Waals surface area contributed by atoms with Gasteiger partial charge in [-0.1, -0.05) is 56.0 Å². The van der Waals surface area contributed by atoms with E-state index in [1.165, 1.54) is 6.21 Å². The monoisotopic (exact) mass is 477 g/mol. The van der Waals surface area contributed by atoms with E-state index in [-0.39, 0.29) is 30.6 Å². The molecule has 0 radical (unpaired) electrons. The number of rotatable bonds is 13. The summed E-state index contributed by atoms with van der Waals surface area (Å²) in [6.45, 7) is 6.04. The SMILES string of the molecule is C=C(/C=C\C(C=N)=C/CC)CNc1nc(C(=O)O)c(NCc2ccc(C(=N)N)cc2)nc1C(=O)O. The van der Waals surface area contributed by atoms with E-state index in [4.69, 9.17) is 16.6 Å². The number of hydrogen-bond donors (Lipinski definition) is 7. The largest absolute Gasteiger partial charge is 0.476 e. The molecule has 2 aromatic rings. The summed E-state index contributed by atoms with van der Waals surface area (Å²) >= 11 is 0. The molecular formula is C24H27N7O4. The normalized spacial score (nSPS) is 11.2. The summed E-state index contributed by atoms with van der Waals surface area (Å²) in [5.41, 5.74) is 7.05. The smallest absolute Gasteiger partial charge is 0.358 e. The molecule has 0 saturated carbocycles. The van der Waals surface area contributed by atoms with E-state index in [1.54, 1.807) is 36.4 Å². The number of nitrogens with zero attached hydrogens (tertiary/aromatic N) is 2. The van der Waals surface area contributed by atoms with Crippen LogP contribution in [0.2, 0.25) is 0 Å². The lowest BCUT2D eigenvalue weighted by molar-refractivity contribution is 0.0673. The third kappa shape index (κ3) is 7.63. The Labute approximate surface area is 202 Å². The summed E-state index contributed by atoms with van der Waals surface area (Å²) in [5.74, 6) is -3.26. The average molecular weight is 478 g/mol. The first-order valence-electron chi connectivity index (χ1n) is 10.5. The van der Waals surface area contributed by atoms with Crippen LogP contribution in [0.5, 0.6) is 0 Å². The first-order valence-corrected chi connectivity index (χ1v) is 10.5. The van der Waals surface area contributed by atoms with Crippen molar-refractivity contribution in [1.82, 2.24) is 9.97 Å². The van der Waals surface area contributed by atoms with E-state index in [0.29, 0.717) is 16.7 Å². The zero-order valence-electron chi connectivity index (χ0n) is 19.1. The van der Waals surface area contributed by atoms with Crippen molar-refractivity contribution in [3.05, 3.63) is 82.7 Å². The number of nitrogen functional groups attached to an aromatic ring is 1. The van der Waals surface area contributed by atoms with E-state index in [2.05, 4.69) is 27.2 Å². The number of anilines is 2. The Bertz CT molecular complexity index is 1200. The van der Waals surface area contributed by atoms with Gasteiger partial charge < -0.3 is 32.0 Å². The minimum Gasteiger partial charge on any atom is -0.476 e. The topological polar surface area (TPSA) is 198 Å². The van der Waals surface area contributed by atoms with Gasteiger partial charge in [0.15, 0.2) is 23.0 Å². The quantitative estimate of drug-likeness (QED) is 0.128. The van der Waals surface area contributed by atoms with Crippen LogP contribution >= 0.6 is 0 Å². The maximum Gasteiger partial charge on any atom is 0.358 e. The summed E-state index contributed by atoms with van der Waals surface area (Å²) in [7, 11) is 0. The second kappa shape index (κ2) is 12.4. The van der Waals surface area contributed by atoms with Crippen LogP contribution < -0.4 is 16.4 Å². The minimum atomic E-state index is -1.39. The lowest BCUT2D eigenvalue weighted by Gasteiger charge is -2.13. The van der Waals surface area contributed by atoms with E-state index in [1.807, 2.05) is 13.0 Å². The third-order valence-corrected chi connectivity index (χ3v) is 4.63. The molecule has 11 nitrogen and oxygen atoms in total. The predicted molar refractivity (Wildman–Crippen MR) is 135 cm³/mol. The number of carboxylic acid groups (broad SMARTS) is 2. The molecule has 182 valence electrons. The minimum absolute atomic E-state index is 0.0801. The lowest BCUT2D eigenvalue weighted by Crippen LogP contribution is -2.18. The van der Waals surface area contributed by atoms with Crippen molar-refractivity contribution >= 4 is 35.6 Å². The molecule has 8 N–H and O–H groups in total. The number of benzene rings is 1. The van der Waals surface area contributed by atoms with Crippen LogP contribution in [0.3, 0.4) is 0 Å². The van der Waals surface area contributed by atoms with Crippen molar-refractivity contribution in [2.45, 2.75) is 19.9 Å². The third-order valence-electron chi connectivity index (χ3n) is 4.63. The van der Waals surface area contributed by atoms with E-state index < -0.39 is 23.3 Å². The molecule has 0 amide bonds. The molecule has 0 saturated heterocycles. The Morgan fingerprint density at radius 2 is 1.63 bits per heavy atom. The van der Waals surface area contributed by atoms with Gasteiger partial charge in [-0.05, 0) is 23.1 Å². The first-order chi connectivity index (χ1) is 16.7. The van der Waals surface area contributed by atoms with Gasteiger partial charge in [0, 0.05) is 24.9 Å². The molecule has 35 heavy (non-hydrogen) atoms. The number of aromatic nitrogens is 2. The Morgan fingerprint density at radius 1 is 1.06 bits per heavy atom.